The maximum atomic E-state index is 12.4. The molecule has 0 unspecified atom stereocenters. The number of morpholine rings is 1. The Balaban J connectivity index is 1.46. The molecular formula is C21H27N3O3. The van der Waals surface area contributed by atoms with Crippen molar-refractivity contribution in [1.82, 2.24) is 10.2 Å². The van der Waals surface area contributed by atoms with Crippen molar-refractivity contribution in [2.45, 2.75) is 6.54 Å². The zero-order valence-electron chi connectivity index (χ0n) is 15.7. The highest BCUT2D eigenvalue weighted by atomic mass is 16.5. The van der Waals surface area contributed by atoms with E-state index in [0.29, 0.717) is 5.56 Å². The number of nitrogens with zero attached hydrogens (tertiary/aromatic N) is 1. The summed E-state index contributed by atoms with van der Waals surface area (Å²) in [6.07, 6.45) is 0. The second-order valence-electron chi connectivity index (χ2n) is 6.51. The van der Waals surface area contributed by atoms with Gasteiger partial charge < -0.3 is 20.1 Å². The molecule has 2 N–H and O–H groups in total. The van der Waals surface area contributed by atoms with E-state index in [1.54, 1.807) is 31.4 Å². The molecule has 0 atom stereocenters. The molecule has 2 aromatic rings. The van der Waals surface area contributed by atoms with E-state index in [1.807, 2.05) is 18.2 Å². The first-order valence-corrected chi connectivity index (χ1v) is 9.30. The van der Waals surface area contributed by atoms with Gasteiger partial charge >= 0.3 is 0 Å². The first-order valence-electron chi connectivity index (χ1n) is 9.30. The molecule has 144 valence electrons. The predicted octanol–water partition coefficient (Wildman–Crippen LogP) is 2.37. The van der Waals surface area contributed by atoms with Gasteiger partial charge in [-0.3, -0.25) is 9.69 Å². The Morgan fingerprint density at radius 3 is 2.67 bits per heavy atom. The van der Waals surface area contributed by atoms with Crippen LogP contribution in [0.15, 0.2) is 48.5 Å². The monoisotopic (exact) mass is 369 g/mol. The number of anilines is 1. The van der Waals surface area contributed by atoms with Gasteiger partial charge in [0.15, 0.2) is 0 Å². The number of hydrogen-bond acceptors (Lipinski definition) is 5. The quantitative estimate of drug-likeness (QED) is 0.700. The number of carbonyl (C=O) groups excluding carboxylic acids is 1. The molecule has 1 heterocycles. The SMILES string of the molecule is COc1ccc(C(=O)Nc2cccc(CNCCN3CCOCC3)c2)cc1. The number of nitrogens with one attached hydrogen (secondary N) is 2. The van der Waals surface area contributed by atoms with Gasteiger partial charge in [0.25, 0.3) is 5.91 Å². The van der Waals surface area contributed by atoms with Gasteiger partial charge in [-0.2, -0.15) is 0 Å². The van der Waals surface area contributed by atoms with Crippen LogP contribution in [0.3, 0.4) is 0 Å². The number of ether oxygens (including phenoxy) is 2. The maximum Gasteiger partial charge on any atom is 0.255 e. The Bertz CT molecular complexity index is 728. The summed E-state index contributed by atoms with van der Waals surface area (Å²) in [5, 5.41) is 6.41. The minimum absolute atomic E-state index is 0.130. The molecule has 0 saturated carbocycles. The largest absolute Gasteiger partial charge is 0.497 e. The molecular weight excluding hydrogens is 342 g/mol. The van der Waals surface area contributed by atoms with E-state index in [4.69, 9.17) is 9.47 Å². The molecule has 6 nitrogen and oxygen atoms in total. The summed E-state index contributed by atoms with van der Waals surface area (Å²) in [4.78, 5) is 14.8. The molecule has 6 heteroatoms. The van der Waals surface area contributed by atoms with Crippen LogP contribution in [-0.4, -0.2) is 57.3 Å². The minimum atomic E-state index is -0.130. The number of carbonyl (C=O) groups is 1. The lowest BCUT2D eigenvalue weighted by atomic mass is 10.1. The van der Waals surface area contributed by atoms with Crippen molar-refractivity contribution in [1.29, 1.82) is 0 Å². The fourth-order valence-electron chi connectivity index (χ4n) is 3.00. The second-order valence-corrected chi connectivity index (χ2v) is 6.51. The molecule has 1 saturated heterocycles. The zero-order chi connectivity index (χ0) is 18.9. The highest BCUT2D eigenvalue weighted by Gasteiger charge is 2.09. The molecule has 0 spiro atoms. The highest BCUT2D eigenvalue weighted by molar-refractivity contribution is 6.04. The topological polar surface area (TPSA) is 62.8 Å². The number of amides is 1. The van der Waals surface area contributed by atoms with Crippen LogP contribution in [0.25, 0.3) is 0 Å². The third-order valence-corrected chi connectivity index (χ3v) is 4.57. The van der Waals surface area contributed by atoms with Crippen molar-refractivity contribution in [2.24, 2.45) is 0 Å². The van der Waals surface area contributed by atoms with Crippen LogP contribution in [0.5, 0.6) is 5.75 Å². The van der Waals surface area contributed by atoms with E-state index in [-0.39, 0.29) is 5.91 Å². The van der Waals surface area contributed by atoms with E-state index in [0.717, 1.165) is 62.9 Å². The van der Waals surface area contributed by atoms with E-state index in [1.165, 1.54) is 0 Å². The van der Waals surface area contributed by atoms with E-state index < -0.39 is 0 Å². The summed E-state index contributed by atoms with van der Waals surface area (Å²) in [5.41, 5.74) is 2.54. The van der Waals surface area contributed by atoms with Crippen LogP contribution >= 0.6 is 0 Å². The van der Waals surface area contributed by atoms with E-state index in [2.05, 4.69) is 21.6 Å². The number of methoxy groups -OCH3 is 1. The lowest BCUT2D eigenvalue weighted by Crippen LogP contribution is -2.40. The first-order chi connectivity index (χ1) is 13.2. The van der Waals surface area contributed by atoms with Crippen molar-refractivity contribution >= 4 is 11.6 Å². The zero-order valence-corrected chi connectivity index (χ0v) is 15.7. The second kappa shape index (κ2) is 10.1. The lowest BCUT2D eigenvalue weighted by molar-refractivity contribution is 0.0384. The maximum absolute atomic E-state index is 12.4. The Hall–Kier alpha value is -2.41. The van der Waals surface area contributed by atoms with Crippen molar-refractivity contribution in [3.63, 3.8) is 0 Å². The Kier molecular flexibility index (Phi) is 7.21. The van der Waals surface area contributed by atoms with Gasteiger partial charge in [-0.1, -0.05) is 12.1 Å². The fourth-order valence-corrected chi connectivity index (χ4v) is 3.00. The molecule has 0 aromatic heterocycles. The average Bonchev–Trinajstić information content (AvgIpc) is 2.72. The summed E-state index contributed by atoms with van der Waals surface area (Å²) in [7, 11) is 1.61. The minimum Gasteiger partial charge on any atom is -0.497 e. The molecule has 0 bridgehead atoms. The van der Waals surface area contributed by atoms with E-state index >= 15 is 0 Å². The predicted molar refractivity (Wildman–Crippen MR) is 106 cm³/mol. The molecule has 1 fully saturated rings. The summed E-state index contributed by atoms with van der Waals surface area (Å²) >= 11 is 0. The van der Waals surface area contributed by atoms with Crippen molar-refractivity contribution in [2.75, 3.05) is 51.8 Å². The normalized spacial score (nSPS) is 14.7. The Morgan fingerprint density at radius 2 is 1.93 bits per heavy atom. The molecule has 1 amide bonds. The molecule has 0 aliphatic carbocycles. The van der Waals surface area contributed by atoms with Gasteiger partial charge in [-0.15, -0.1) is 0 Å². The highest BCUT2D eigenvalue weighted by Crippen LogP contribution is 2.15. The number of hydrogen-bond donors (Lipinski definition) is 2. The summed E-state index contributed by atoms with van der Waals surface area (Å²) in [5.74, 6) is 0.604. The van der Waals surface area contributed by atoms with Gasteiger partial charge in [0, 0.05) is 44.0 Å². The molecule has 1 aliphatic rings. The van der Waals surface area contributed by atoms with Gasteiger partial charge in [0.05, 0.1) is 20.3 Å². The van der Waals surface area contributed by atoms with Crippen molar-refractivity contribution < 1.29 is 14.3 Å². The van der Waals surface area contributed by atoms with Gasteiger partial charge in [-0.25, -0.2) is 0 Å². The van der Waals surface area contributed by atoms with Gasteiger partial charge in [0.2, 0.25) is 0 Å². The van der Waals surface area contributed by atoms with Crippen LogP contribution < -0.4 is 15.4 Å². The lowest BCUT2D eigenvalue weighted by Gasteiger charge is -2.26. The standard InChI is InChI=1S/C21H27N3O3/c1-26-20-7-5-18(6-8-20)21(25)23-19-4-2-3-17(15-19)16-22-9-10-24-11-13-27-14-12-24/h2-8,15,22H,9-14,16H2,1H3,(H,23,25). The van der Waals surface area contributed by atoms with Crippen molar-refractivity contribution in [3.05, 3.63) is 59.7 Å². The Labute approximate surface area is 160 Å². The smallest absolute Gasteiger partial charge is 0.255 e. The van der Waals surface area contributed by atoms with Gasteiger partial charge in [-0.05, 0) is 42.0 Å². The average molecular weight is 369 g/mol. The fraction of sp³-hybridized carbons (Fsp3) is 0.381. The summed E-state index contributed by atoms with van der Waals surface area (Å²) < 4.78 is 10.5. The van der Waals surface area contributed by atoms with Crippen LogP contribution in [0.4, 0.5) is 5.69 Å². The third kappa shape index (κ3) is 6.06. The summed E-state index contributed by atoms with van der Waals surface area (Å²) in [6.45, 7) is 6.41. The van der Waals surface area contributed by atoms with Crippen LogP contribution in [0.1, 0.15) is 15.9 Å². The van der Waals surface area contributed by atoms with Crippen LogP contribution in [0.2, 0.25) is 0 Å². The number of benzene rings is 2. The van der Waals surface area contributed by atoms with Crippen LogP contribution in [-0.2, 0) is 11.3 Å². The molecule has 1 aliphatic heterocycles. The van der Waals surface area contributed by atoms with E-state index in [9.17, 15) is 4.79 Å². The molecule has 0 radical (unpaired) electrons. The first kappa shape index (κ1) is 19.4. The van der Waals surface area contributed by atoms with Gasteiger partial charge in [0.1, 0.15) is 5.75 Å². The molecule has 27 heavy (non-hydrogen) atoms. The Morgan fingerprint density at radius 1 is 1.15 bits per heavy atom. The van der Waals surface area contributed by atoms with Crippen LogP contribution in [0, 0.1) is 0 Å². The summed E-state index contributed by atoms with van der Waals surface area (Å²) in [6, 6.07) is 15.0. The molecule has 2 aromatic carbocycles. The number of rotatable bonds is 8. The molecule has 3 rings (SSSR count). The third-order valence-electron chi connectivity index (χ3n) is 4.57. The van der Waals surface area contributed by atoms with Crippen molar-refractivity contribution in [3.8, 4) is 5.75 Å².